The van der Waals surface area contributed by atoms with Crippen molar-refractivity contribution < 1.29 is 28.8 Å². The summed E-state index contributed by atoms with van der Waals surface area (Å²) in [5, 5.41) is 8.35. The van der Waals surface area contributed by atoms with E-state index in [1.165, 1.54) is 32.1 Å². The Morgan fingerprint density at radius 2 is 1.43 bits per heavy atom. The van der Waals surface area contributed by atoms with Crippen molar-refractivity contribution in [2.24, 2.45) is 0 Å². The Kier molecular flexibility index (Phi) is 21.8. The molecule has 0 saturated carbocycles. The summed E-state index contributed by atoms with van der Waals surface area (Å²) in [5.74, 6) is -0.663. The van der Waals surface area contributed by atoms with Gasteiger partial charge >= 0.3 is 24.8 Å². The van der Waals surface area contributed by atoms with E-state index >= 15 is 0 Å². The van der Waals surface area contributed by atoms with Gasteiger partial charge in [-0.15, -0.1) is 0 Å². The molecule has 0 aromatic carbocycles. The third-order valence-corrected chi connectivity index (χ3v) is 1.99. The second-order valence-electron chi connectivity index (χ2n) is 3.27. The van der Waals surface area contributed by atoms with E-state index < -0.39 is 5.97 Å². The van der Waals surface area contributed by atoms with Crippen LogP contribution in [0.5, 0.6) is 0 Å². The van der Waals surface area contributed by atoms with E-state index in [9.17, 15) is 4.79 Å². The summed E-state index contributed by atoms with van der Waals surface area (Å²) in [6, 6.07) is 0. The average molecular weight is 194 g/mol. The normalized spacial score (nSPS) is 8.64. The molecule has 14 heavy (non-hydrogen) atoms. The predicted octanol–water partition coefficient (Wildman–Crippen LogP) is 0.666. The average Bonchev–Trinajstić information content (AvgIpc) is 2.02. The van der Waals surface area contributed by atoms with Gasteiger partial charge in [-0.1, -0.05) is 45.4 Å². The fourth-order valence-corrected chi connectivity index (χ4v) is 1.23. The van der Waals surface area contributed by atoms with Crippen LogP contribution in [-0.4, -0.2) is 11.1 Å². The molecule has 0 aromatic heterocycles. The fourth-order valence-electron chi connectivity index (χ4n) is 1.23. The SMILES string of the molecule is CCCCCCCCCC(=O)O.[CH3-].[Li+]. The molecule has 2 nitrogen and oxygen atoms in total. The zero-order valence-electron chi connectivity index (χ0n) is 10.0. The summed E-state index contributed by atoms with van der Waals surface area (Å²) in [4.78, 5) is 10.1. The number of unbranched alkanes of at least 4 members (excludes halogenated alkanes) is 6. The smallest absolute Gasteiger partial charge is 0.481 e. The standard InChI is InChI=1S/C10H20O2.CH3.Li/c1-2-3-4-5-6-7-8-9-10(11)12;;/h2-9H2,1H3,(H,11,12);1H3;/q;-1;+1. The fraction of sp³-hybridized carbons (Fsp3) is 0.818. The number of carboxylic acid groups (broad SMARTS) is 1. The van der Waals surface area contributed by atoms with Crippen LogP contribution < -0.4 is 18.9 Å². The van der Waals surface area contributed by atoms with Gasteiger partial charge in [-0.2, -0.15) is 0 Å². The molecule has 0 atom stereocenters. The van der Waals surface area contributed by atoms with E-state index in [2.05, 4.69) is 6.92 Å². The Morgan fingerprint density at radius 3 is 1.86 bits per heavy atom. The topological polar surface area (TPSA) is 37.3 Å². The summed E-state index contributed by atoms with van der Waals surface area (Å²) in [6.45, 7) is 2.20. The largest absolute Gasteiger partial charge is 1.00 e. The van der Waals surface area contributed by atoms with Gasteiger partial charge in [0, 0.05) is 6.42 Å². The number of hydrogen-bond donors (Lipinski definition) is 1. The van der Waals surface area contributed by atoms with Crippen molar-refractivity contribution in [3.05, 3.63) is 7.43 Å². The summed E-state index contributed by atoms with van der Waals surface area (Å²) in [7, 11) is 0. The molecule has 0 saturated heterocycles. The molecule has 0 heterocycles. The van der Waals surface area contributed by atoms with Crippen molar-refractivity contribution in [2.75, 3.05) is 0 Å². The van der Waals surface area contributed by atoms with Crippen LogP contribution in [0, 0.1) is 7.43 Å². The predicted molar refractivity (Wildman–Crippen MR) is 56.7 cm³/mol. The van der Waals surface area contributed by atoms with Crippen LogP contribution in [0.15, 0.2) is 0 Å². The van der Waals surface area contributed by atoms with Crippen molar-refractivity contribution in [3.63, 3.8) is 0 Å². The van der Waals surface area contributed by atoms with E-state index in [-0.39, 0.29) is 26.3 Å². The molecule has 1 N–H and O–H groups in total. The molecule has 0 aliphatic heterocycles. The Labute approximate surface area is 101 Å². The minimum Gasteiger partial charge on any atom is -0.481 e. The maximum atomic E-state index is 10.1. The minimum atomic E-state index is -0.663. The van der Waals surface area contributed by atoms with Gasteiger partial charge in [-0.25, -0.2) is 0 Å². The summed E-state index contributed by atoms with van der Waals surface area (Å²) >= 11 is 0. The van der Waals surface area contributed by atoms with Crippen LogP contribution in [0.3, 0.4) is 0 Å². The minimum absolute atomic E-state index is 0. The number of rotatable bonds is 8. The first-order valence-electron chi connectivity index (χ1n) is 4.99. The molecular formula is C11H23LiO2. The number of aliphatic carboxylic acids is 1. The monoisotopic (exact) mass is 194 g/mol. The van der Waals surface area contributed by atoms with E-state index in [1.807, 2.05) is 0 Å². The number of carbonyl (C=O) groups is 1. The maximum Gasteiger partial charge on any atom is 1.00 e. The van der Waals surface area contributed by atoms with Crippen molar-refractivity contribution in [1.82, 2.24) is 0 Å². The molecular weight excluding hydrogens is 171 g/mol. The molecule has 3 heteroatoms. The molecule has 0 rings (SSSR count). The van der Waals surface area contributed by atoms with E-state index in [0.29, 0.717) is 6.42 Å². The molecule has 0 amide bonds. The molecule has 0 aliphatic rings. The first-order chi connectivity index (χ1) is 5.77. The first kappa shape index (κ1) is 19.6. The summed E-state index contributed by atoms with van der Waals surface area (Å²) in [5.41, 5.74) is 0. The van der Waals surface area contributed by atoms with Crippen LogP contribution in [0.25, 0.3) is 0 Å². The molecule has 0 fully saturated rings. The quantitative estimate of drug-likeness (QED) is 0.350. The van der Waals surface area contributed by atoms with Gasteiger partial charge in [0.1, 0.15) is 0 Å². The molecule has 0 bridgehead atoms. The van der Waals surface area contributed by atoms with Gasteiger partial charge in [0.15, 0.2) is 0 Å². The van der Waals surface area contributed by atoms with Gasteiger partial charge in [0.2, 0.25) is 0 Å². The number of hydrogen-bond acceptors (Lipinski definition) is 1. The Bertz CT molecular complexity index is 116. The molecule has 0 radical (unpaired) electrons. The second-order valence-corrected chi connectivity index (χ2v) is 3.27. The zero-order chi connectivity index (χ0) is 9.23. The van der Waals surface area contributed by atoms with Gasteiger partial charge < -0.3 is 12.5 Å². The second kappa shape index (κ2) is 15.5. The van der Waals surface area contributed by atoms with E-state index in [4.69, 9.17) is 5.11 Å². The first-order valence-corrected chi connectivity index (χ1v) is 4.99. The van der Waals surface area contributed by atoms with Crippen LogP contribution >= 0.6 is 0 Å². The third kappa shape index (κ3) is 18.0. The Morgan fingerprint density at radius 1 is 1.00 bits per heavy atom. The molecule has 0 spiro atoms. The summed E-state index contributed by atoms with van der Waals surface area (Å²) in [6.07, 6.45) is 8.64. The van der Waals surface area contributed by atoms with E-state index in [0.717, 1.165) is 12.8 Å². The van der Waals surface area contributed by atoms with Crippen molar-refractivity contribution >= 4 is 5.97 Å². The Hall–Kier alpha value is 0.0674. The van der Waals surface area contributed by atoms with Crippen molar-refractivity contribution in [1.29, 1.82) is 0 Å². The Balaban J connectivity index is -0.000000605. The molecule has 0 unspecified atom stereocenters. The van der Waals surface area contributed by atoms with Crippen LogP contribution in [0.4, 0.5) is 0 Å². The molecule has 80 valence electrons. The van der Waals surface area contributed by atoms with Gasteiger partial charge in [0.25, 0.3) is 0 Å². The van der Waals surface area contributed by atoms with E-state index in [1.54, 1.807) is 0 Å². The third-order valence-electron chi connectivity index (χ3n) is 1.99. The number of carboxylic acids is 1. The molecule has 0 aromatic rings. The van der Waals surface area contributed by atoms with Crippen molar-refractivity contribution in [3.8, 4) is 0 Å². The van der Waals surface area contributed by atoms with Crippen LogP contribution in [0.2, 0.25) is 0 Å². The van der Waals surface area contributed by atoms with Gasteiger partial charge in [-0.3, -0.25) is 4.79 Å². The summed E-state index contributed by atoms with van der Waals surface area (Å²) < 4.78 is 0. The van der Waals surface area contributed by atoms with Crippen LogP contribution in [0.1, 0.15) is 58.3 Å². The van der Waals surface area contributed by atoms with Crippen molar-refractivity contribution in [2.45, 2.75) is 58.3 Å². The van der Waals surface area contributed by atoms with Gasteiger partial charge in [0.05, 0.1) is 0 Å². The molecule has 0 aliphatic carbocycles. The van der Waals surface area contributed by atoms with Crippen LogP contribution in [-0.2, 0) is 4.79 Å². The maximum absolute atomic E-state index is 10.1. The van der Waals surface area contributed by atoms with Gasteiger partial charge in [-0.05, 0) is 6.42 Å². The zero-order valence-corrected chi connectivity index (χ0v) is 10.0.